The van der Waals surface area contributed by atoms with Crippen LogP contribution in [0, 0.1) is 0 Å². The maximum atomic E-state index is 11.8. The van der Waals surface area contributed by atoms with E-state index in [1.54, 1.807) is 35.6 Å². The van der Waals surface area contributed by atoms with Gasteiger partial charge in [0, 0.05) is 22.5 Å². The first kappa shape index (κ1) is 15.1. The molecule has 110 valence electrons. The Bertz CT molecular complexity index is 606. The Kier molecular flexibility index (Phi) is 5.34. The Morgan fingerprint density at radius 1 is 1.29 bits per heavy atom. The topological polar surface area (TPSA) is 87.7 Å². The number of oxime groups is 1. The smallest absolute Gasteiger partial charge is 0.224 e. The molecule has 0 saturated carbocycles. The van der Waals surface area contributed by atoms with Crippen LogP contribution in [0.25, 0.3) is 0 Å². The van der Waals surface area contributed by atoms with Crippen molar-refractivity contribution >= 4 is 28.8 Å². The first-order chi connectivity index (χ1) is 10.2. The molecule has 6 heteroatoms. The van der Waals surface area contributed by atoms with Crippen molar-refractivity contribution in [3.8, 4) is 0 Å². The Labute approximate surface area is 127 Å². The summed E-state index contributed by atoms with van der Waals surface area (Å²) >= 11 is 1.71. The number of benzene rings is 1. The van der Waals surface area contributed by atoms with Crippen molar-refractivity contribution in [3.63, 3.8) is 0 Å². The van der Waals surface area contributed by atoms with Crippen molar-refractivity contribution in [1.82, 2.24) is 0 Å². The highest BCUT2D eigenvalue weighted by Crippen LogP contribution is 2.13. The van der Waals surface area contributed by atoms with Crippen molar-refractivity contribution < 1.29 is 10.0 Å². The van der Waals surface area contributed by atoms with Gasteiger partial charge in [0.15, 0.2) is 5.84 Å². The van der Waals surface area contributed by atoms with Crippen molar-refractivity contribution in [1.29, 1.82) is 0 Å². The molecular formula is C15H17N3O2S. The molecule has 0 spiro atoms. The zero-order chi connectivity index (χ0) is 15.1. The standard InChI is InChI=1S/C15H17N3O2S/c16-15(18-20)11-6-8-12(9-7-11)17-14(19)5-1-3-13-4-2-10-21-13/h2,4,6-10,20H,1,3,5H2,(H2,16,18)(H,17,19). The van der Waals surface area contributed by atoms with Crippen LogP contribution in [0.5, 0.6) is 0 Å². The molecule has 1 aromatic carbocycles. The molecule has 4 N–H and O–H groups in total. The van der Waals surface area contributed by atoms with Crippen molar-refractivity contribution in [2.45, 2.75) is 19.3 Å². The normalized spacial score (nSPS) is 11.3. The number of amidine groups is 1. The average Bonchev–Trinajstić information content (AvgIpc) is 3.00. The van der Waals surface area contributed by atoms with Gasteiger partial charge in [-0.05, 0) is 48.6 Å². The number of nitrogens with two attached hydrogens (primary N) is 1. The van der Waals surface area contributed by atoms with E-state index in [1.165, 1.54) is 4.88 Å². The van der Waals surface area contributed by atoms with Crippen LogP contribution in [-0.2, 0) is 11.2 Å². The van der Waals surface area contributed by atoms with Gasteiger partial charge in [-0.25, -0.2) is 0 Å². The van der Waals surface area contributed by atoms with E-state index in [0.717, 1.165) is 12.8 Å². The number of aryl methyl sites for hydroxylation is 1. The van der Waals surface area contributed by atoms with Gasteiger partial charge in [-0.2, -0.15) is 0 Å². The minimum atomic E-state index is -0.0110. The molecule has 0 fully saturated rings. The molecule has 2 rings (SSSR count). The second kappa shape index (κ2) is 7.44. The zero-order valence-corrected chi connectivity index (χ0v) is 12.3. The van der Waals surface area contributed by atoms with Gasteiger partial charge in [-0.1, -0.05) is 11.2 Å². The van der Waals surface area contributed by atoms with Crippen LogP contribution >= 0.6 is 11.3 Å². The molecule has 1 amide bonds. The fraction of sp³-hybridized carbons (Fsp3) is 0.200. The minimum Gasteiger partial charge on any atom is -0.409 e. The number of thiophene rings is 1. The maximum Gasteiger partial charge on any atom is 0.224 e. The molecule has 0 atom stereocenters. The number of anilines is 1. The van der Waals surface area contributed by atoms with Gasteiger partial charge in [0.25, 0.3) is 0 Å². The first-order valence-corrected chi connectivity index (χ1v) is 7.47. The van der Waals surface area contributed by atoms with E-state index in [1.807, 2.05) is 11.4 Å². The van der Waals surface area contributed by atoms with Gasteiger partial charge in [-0.3, -0.25) is 4.79 Å². The van der Waals surface area contributed by atoms with Gasteiger partial charge < -0.3 is 16.3 Å². The molecule has 0 aliphatic rings. The van der Waals surface area contributed by atoms with Crippen LogP contribution in [0.3, 0.4) is 0 Å². The minimum absolute atomic E-state index is 0.0110. The Balaban J connectivity index is 1.79. The van der Waals surface area contributed by atoms with Crippen LogP contribution in [0.1, 0.15) is 23.3 Å². The van der Waals surface area contributed by atoms with E-state index in [4.69, 9.17) is 10.9 Å². The monoisotopic (exact) mass is 303 g/mol. The molecule has 5 nitrogen and oxygen atoms in total. The highest BCUT2D eigenvalue weighted by atomic mass is 32.1. The Morgan fingerprint density at radius 3 is 2.67 bits per heavy atom. The summed E-state index contributed by atoms with van der Waals surface area (Å²) in [5.74, 6) is 0.0342. The fourth-order valence-electron chi connectivity index (χ4n) is 1.88. The average molecular weight is 303 g/mol. The molecule has 0 bridgehead atoms. The second-order valence-electron chi connectivity index (χ2n) is 4.54. The number of carbonyl (C=O) groups is 1. The fourth-order valence-corrected chi connectivity index (χ4v) is 2.63. The van der Waals surface area contributed by atoms with Crippen LogP contribution in [0.15, 0.2) is 46.9 Å². The third-order valence-electron chi connectivity index (χ3n) is 2.98. The summed E-state index contributed by atoms with van der Waals surface area (Å²) in [5, 5.41) is 16.4. The summed E-state index contributed by atoms with van der Waals surface area (Å²) in [6.45, 7) is 0. The van der Waals surface area contributed by atoms with Gasteiger partial charge in [0.1, 0.15) is 0 Å². The first-order valence-electron chi connectivity index (χ1n) is 6.59. The largest absolute Gasteiger partial charge is 0.409 e. The van der Waals surface area contributed by atoms with E-state index >= 15 is 0 Å². The van der Waals surface area contributed by atoms with E-state index < -0.39 is 0 Å². The number of nitrogens with one attached hydrogen (secondary N) is 1. The van der Waals surface area contributed by atoms with E-state index in [2.05, 4.69) is 16.5 Å². The predicted octanol–water partition coefficient (Wildman–Crippen LogP) is 2.80. The molecule has 0 unspecified atom stereocenters. The van der Waals surface area contributed by atoms with Gasteiger partial charge in [0.05, 0.1) is 0 Å². The molecule has 1 heterocycles. The third kappa shape index (κ3) is 4.61. The highest BCUT2D eigenvalue weighted by Gasteiger charge is 2.04. The summed E-state index contributed by atoms with van der Waals surface area (Å²) in [6, 6.07) is 10.9. The van der Waals surface area contributed by atoms with Crippen LogP contribution in [-0.4, -0.2) is 17.0 Å². The number of hydrogen-bond acceptors (Lipinski definition) is 4. The summed E-state index contributed by atoms with van der Waals surface area (Å²) in [6.07, 6.45) is 2.24. The van der Waals surface area contributed by atoms with E-state index in [0.29, 0.717) is 17.7 Å². The van der Waals surface area contributed by atoms with Crippen molar-refractivity contribution in [2.24, 2.45) is 10.9 Å². The Hall–Kier alpha value is -2.34. The van der Waals surface area contributed by atoms with Crippen molar-refractivity contribution in [3.05, 3.63) is 52.2 Å². The second-order valence-corrected chi connectivity index (χ2v) is 5.58. The summed E-state index contributed by atoms with van der Waals surface area (Å²) < 4.78 is 0. The van der Waals surface area contributed by atoms with Crippen LogP contribution in [0.2, 0.25) is 0 Å². The highest BCUT2D eigenvalue weighted by molar-refractivity contribution is 7.09. The summed E-state index contributed by atoms with van der Waals surface area (Å²) in [5.41, 5.74) is 6.78. The van der Waals surface area contributed by atoms with Gasteiger partial charge in [0.2, 0.25) is 5.91 Å². The lowest BCUT2D eigenvalue weighted by Gasteiger charge is -2.06. The number of carbonyl (C=O) groups excluding carboxylic acids is 1. The number of hydrogen-bond donors (Lipinski definition) is 3. The molecule has 0 aliphatic carbocycles. The lowest BCUT2D eigenvalue weighted by molar-refractivity contribution is -0.116. The molecule has 1 aromatic heterocycles. The molecule has 0 radical (unpaired) electrons. The SMILES string of the molecule is N/C(=N/O)c1ccc(NC(=O)CCCc2cccs2)cc1. The molecule has 21 heavy (non-hydrogen) atoms. The molecule has 0 saturated heterocycles. The zero-order valence-electron chi connectivity index (χ0n) is 11.5. The Morgan fingerprint density at radius 2 is 2.05 bits per heavy atom. The summed E-state index contributed by atoms with van der Waals surface area (Å²) in [4.78, 5) is 13.1. The molecule has 2 aromatic rings. The summed E-state index contributed by atoms with van der Waals surface area (Å²) in [7, 11) is 0. The van der Waals surface area contributed by atoms with E-state index in [-0.39, 0.29) is 11.7 Å². The van der Waals surface area contributed by atoms with Crippen LogP contribution in [0.4, 0.5) is 5.69 Å². The van der Waals surface area contributed by atoms with Gasteiger partial charge >= 0.3 is 0 Å². The number of nitrogens with zero attached hydrogens (tertiary/aromatic N) is 1. The van der Waals surface area contributed by atoms with Gasteiger partial charge in [-0.15, -0.1) is 11.3 Å². The van der Waals surface area contributed by atoms with Crippen LogP contribution < -0.4 is 11.1 Å². The molecular weight excluding hydrogens is 286 g/mol. The third-order valence-corrected chi connectivity index (χ3v) is 3.92. The molecule has 0 aliphatic heterocycles. The number of rotatable bonds is 6. The lowest BCUT2D eigenvalue weighted by Crippen LogP contribution is -2.14. The predicted molar refractivity (Wildman–Crippen MR) is 84.8 cm³/mol. The quantitative estimate of drug-likeness (QED) is 0.332. The van der Waals surface area contributed by atoms with E-state index in [9.17, 15) is 4.79 Å². The number of amides is 1. The van der Waals surface area contributed by atoms with Crippen molar-refractivity contribution in [2.75, 3.05) is 5.32 Å². The maximum absolute atomic E-state index is 11.8. The lowest BCUT2D eigenvalue weighted by atomic mass is 10.1.